The van der Waals surface area contributed by atoms with Gasteiger partial charge in [-0.2, -0.15) is 0 Å². The van der Waals surface area contributed by atoms with Gasteiger partial charge in [0.1, 0.15) is 0 Å². The van der Waals surface area contributed by atoms with E-state index in [0.29, 0.717) is 0 Å². The van der Waals surface area contributed by atoms with Gasteiger partial charge in [0.25, 0.3) is 0 Å². The summed E-state index contributed by atoms with van der Waals surface area (Å²) in [5.41, 5.74) is 31.9. The number of rotatable bonds is 12. The molecule has 0 aliphatic rings. The Bertz CT molecular complexity index is 6910. The third-order valence-electron chi connectivity index (χ3n) is 23.2. The highest BCUT2D eigenvalue weighted by Gasteiger charge is 2.26. The van der Waals surface area contributed by atoms with E-state index in [-0.39, 0.29) is 5.41 Å². The first-order valence-corrected chi connectivity index (χ1v) is 39.5. The molecular weight excluding hydrogens is 1370 g/mol. The van der Waals surface area contributed by atoms with E-state index in [4.69, 9.17) is 0 Å². The maximum Gasteiger partial charge on any atom is 0.0542 e. The molecule has 0 aliphatic heterocycles. The third-order valence-corrected chi connectivity index (χ3v) is 23.2. The van der Waals surface area contributed by atoms with Gasteiger partial charge in [0.15, 0.2) is 0 Å². The lowest BCUT2D eigenvalue weighted by Crippen LogP contribution is -2.10. The topological polar surface area (TPSA) is 16.3 Å². The van der Waals surface area contributed by atoms with Crippen molar-refractivity contribution in [2.75, 3.05) is 9.80 Å². The van der Waals surface area contributed by atoms with Crippen molar-refractivity contribution in [3.63, 3.8) is 0 Å². The van der Waals surface area contributed by atoms with Crippen molar-refractivity contribution < 1.29 is 0 Å². The average molecular weight is 1450 g/mol. The van der Waals surface area contributed by atoms with Crippen LogP contribution in [0.2, 0.25) is 0 Å². The summed E-state index contributed by atoms with van der Waals surface area (Å²) in [6, 6.07) is 138. The van der Waals surface area contributed by atoms with Crippen molar-refractivity contribution >= 4 is 121 Å². The summed E-state index contributed by atoms with van der Waals surface area (Å²) in [7, 11) is 0. The zero-order valence-electron chi connectivity index (χ0n) is 65.1. The lowest BCUT2D eigenvalue weighted by atomic mass is 9.82. The highest BCUT2D eigenvalue weighted by molar-refractivity contribution is 6.24. The largest absolute Gasteiger partial charge is 0.310 e. The molecule has 2 aromatic heterocycles. The van der Waals surface area contributed by atoms with Gasteiger partial charge in [0.05, 0.1) is 22.1 Å². The summed E-state index contributed by atoms with van der Waals surface area (Å²) in [6.45, 7) is 18.2. The molecular formula is C109H86N4. The Morgan fingerprint density at radius 2 is 0.522 bits per heavy atom. The standard InChI is InChI=1S/C57H48N2.C52H38N2/c1-37-25-31-48-51(33-37)55(40-26-28-41(29-27-40)57(4,5)6)46-22-13-14-23-47(46)56(48)49-34-39(3)54(35-38(49)2)59-52-24-16-15-21-45(52)50-36-44(30-32-53(50)59)58(42-17-9-7-10-18-42)43-19-11-8-12-20-43;1-35-33-50(36(2)32-46(35)52-44-27-14-12-25-42(44)51(37-18-6-3-7-19-37)43-26-13-15-28-45(43)52)54-48-29-17-16-24-41(48)47-34-40(30-31-49(47)54)53(38-20-8-4-9-21-38)39-22-10-5-11-23-39/h7-36H,1-6H3;3-34H,1-2H3. The van der Waals surface area contributed by atoms with Gasteiger partial charge in [-0.3, -0.25) is 0 Å². The molecule has 0 N–H and O–H groups in total. The monoisotopic (exact) mass is 1450 g/mol. The summed E-state index contributed by atoms with van der Waals surface area (Å²) in [5, 5.41) is 15.2. The van der Waals surface area contributed by atoms with E-state index in [9.17, 15) is 0 Å². The minimum Gasteiger partial charge on any atom is -0.310 e. The fourth-order valence-corrected chi connectivity index (χ4v) is 17.9. The molecule has 2 heterocycles. The van der Waals surface area contributed by atoms with E-state index < -0.39 is 0 Å². The molecule has 0 unspecified atom stereocenters. The Labute approximate surface area is 661 Å². The third kappa shape index (κ3) is 12.3. The molecule has 0 spiro atoms. The summed E-state index contributed by atoms with van der Waals surface area (Å²) in [5.74, 6) is 0. The molecule has 20 rings (SSSR count). The number of aromatic nitrogens is 2. The number of aryl methyl sites for hydroxylation is 5. The van der Waals surface area contributed by atoms with Crippen molar-refractivity contribution in [2.45, 2.75) is 60.8 Å². The summed E-state index contributed by atoms with van der Waals surface area (Å²) >= 11 is 0. The Morgan fingerprint density at radius 3 is 0.903 bits per heavy atom. The normalized spacial score (nSPS) is 11.7. The van der Waals surface area contributed by atoms with Crippen LogP contribution < -0.4 is 9.80 Å². The second-order valence-corrected chi connectivity index (χ2v) is 31.4. The fraction of sp³-hybridized carbons (Fsp3) is 0.0826. The van der Waals surface area contributed by atoms with Crippen LogP contribution in [0.4, 0.5) is 34.1 Å². The molecule has 0 aliphatic carbocycles. The Morgan fingerprint density at radius 1 is 0.212 bits per heavy atom. The van der Waals surface area contributed by atoms with Crippen LogP contribution in [0, 0.1) is 34.6 Å². The molecule has 0 amide bonds. The van der Waals surface area contributed by atoms with Gasteiger partial charge in [-0.05, 0) is 277 Å². The van der Waals surface area contributed by atoms with Crippen LogP contribution in [0.25, 0.3) is 143 Å². The van der Waals surface area contributed by atoms with E-state index in [1.807, 2.05) is 0 Å². The second kappa shape index (κ2) is 28.6. The molecule has 0 saturated carbocycles. The van der Waals surface area contributed by atoms with Crippen molar-refractivity contribution in [3.8, 4) is 55.9 Å². The molecule has 0 saturated heterocycles. The lowest BCUT2D eigenvalue weighted by Gasteiger charge is -2.25. The van der Waals surface area contributed by atoms with Crippen LogP contribution in [0.1, 0.15) is 54.2 Å². The molecule has 0 bridgehead atoms. The van der Waals surface area contributed by atoms with Crippen LogP contribution in [0.3, 0.4) is 0 Å². The smallest absolute Gasteiger partial charge is 0.0542 e. The SMILES string of the molecule is Cc1cc(-n2c3ccccc3c3cc(N(c4ccccc4)c4ccccc4)ccc32)c(C)cc1-c1c2ccccc2c(-c2ccccc2)c2ccccc12.Cc1ccc2c(-c3cc(C)c(-n4c5ccccc5c5cc(N(c6ccccc6)c6ccccc6)ccc54)cc3C)c3ccccc3c(-c3ccc(C(C)(C)C)cc3)c2c1. The van der Waals surface area contributed by atoms with Gasteiger partial charge in [-0.25, -0.2) is 0 Å². The van der Waals surface area contributed by atoms with E-state index in [0.717, 1.165) is 34.1 Å². The van der Waals surface area contributed by atoms with E-state index >= 15 is 0 Å². The second-order valence-electron chi connectivity index (χ2n) is 31.4. The quantitative estimate of drug-likeness (QED) is 0.113. The van der Waals surface area contributed by atoms with Crippen molar-refractivity contribution in [1.82, 2.24) is 9.13 Å². The van der Waals surface area contributed by atoms with Gasteiger partial charge >= 0.3 is 0 Å². The minimum absolute atomic E-state index is 0.0960. The van der Waals surface area contributed by atoms with Crippen molar-refractivity contribution in [1.29, 1.82) is 0 Å². The Kier molecular flexibility index (Phi) is 17.6. The van der Waals surface area contributed by atoms with Gasteiger partial charge in [-0.15, -0.1) is 0 Å². The highest BCUT2D eigenvalue weighted by Crippen LogP contribution is 2.50. The van der Waals surface area contributed by atoms with Crippen molar-refractivity contribution in [2.24, 2.45) is 0 Å². The number of fused-ring (bicyclic) bond motifs is 10. The van der Waals surface area contributed by atoms with Crippen LogP contribution in [-0.2, 0) is 5.41 Å². The fourth-order valence-electron chi connectivity index (χ4n) is 17.9. The zero-order valence-corrected chi connectivity index (χ0v) is 65.1. The number of hydrogen-bond acceptors (Lipinski definition) is 2. The maximum absolute atomic E-state index is 2.47. The van der Waals surface area contributed by atoms with E-state index in [1.165, 1.54) is 176 Å². The summed E-state index contributed by atoms with van der Waals surface area (Å²) in [6.07, 6.45) is 0. The minimum atomic E-state index is 0.0960. The van der Waals surface area contributed by atoms with Crippen LogP contribution in [-0.4, -0.2) is 9.13 Å². The van der Waals surface area contributed by atoms with E-state index in [1.54, 1.807) is 0 Å². The molecule has 20 aromatic rings. The maximum atomic E-state index is 2.47. The molecule has 113 heavy (non-hydrogen) atoms. The number of para-hydroxylation sites is 6. The molecule has 4 heteroatoms. The zero-order chi connectivity index (χ0) is 76.6. The summed E-state index contributed by atoms with van der Waals surface area (Å²) in [4.78, 5) is 4.69. The number of nitrogens with zero attached hydrogens (tertiary/aromatic N) is 4. The van der Waals surface area contributed by atoms with Gasteiger partial charge in [0.2, 0.25) is 0 Å². The first-order valence-electron chi connectivity index (χ1n) is 39.5. The Balaban J connectivity index is 0.000000152. The van der Waals surface area contributed by atoms with E-state index in [2.05, 4.69) is 450 Å². The summed E-state index contributed by atoms with van der Waals surface area (Å²) < 4.78 is 4.94. The van der Waals surface area contributed by atoms with Crippen LogP contribution in [0.5, 0.6) is 0 Å². The molecule has 18 aromatic carbocycles. The molecule has 542 valence electrons. The number of benzene rings is 18. The van der Waals surface area contributed by atoms with Crippen LogP contribution >= 0.6 is 0 Å². The van der Waals surface area contributed by atoms with Crippen LogP contribution in [0.15, 0.2) is 376 Å². The highest BCUT2D eigenvalue weighted by atomic mass is 15.1. The number of hydrogen-bond donors (Lipinski definition) is 0. The average Bonchev–Trinajstić information content (AvgIpc) is 1.24. The van der Waals surface area contributed by atoms with Gasteiger partial charge < -0.3 is 18.9 Å². The van der Waals surface area contributed by atoms with Gasteiger partial charge in [0, 0.05) is 67.0 Å². The molecule has 0 fully saturated rings. The first-order chi connectivity index (χ1) is 55.3. The number of anilines is 6. The molecule has 0 radical (unpaired) electrons. The molecule has 4 nitrogen and oxygen atoms in total. The molecule has 0 atom stereocenters. The van der Waals surface area contributed by atoms with Gasteiger partial charge in [-0.1, -0.05) is 281 Å². The van der Waals surface area contributed by atoms with Crippen molar-refractivity contribution in [3.05, 3.63) is 409 Å². The predicted molar refractivity (Wildman–Crippen MR) is 485 cm³/mol. The first kappa shape index (κ1) is 69.6. The lowest BCUT2D eigenvalue weighted by molar-refractivity contribution is 0.590. The predicted octanol–water partition coefficient (Wildman–Crippen LogP) is 30.6. The Hall–Kier alpha value is -13.8.